The fourth-order valence-corrected chi connectivity index (χ4v) is 3.48. The minimum Gasteiger partial charge on any atom is -0.491 e. The largest absolute Gasteiger partial charge is 0.491 e. The van der Waals surface area contributed by atoms with E-state index in [0.29, 0.717) is 18.4 Å². The molecular weight excluding hydrogens is 324 g/mol. The maximum Gasteiger partial charge on any atom is 0.122 e. The first-order chi connectivity index (χ1) is 12.6. The van der Waals surface area contributed by atoms with Gasteiger partial charge in [-0.3, -0.25) is 0 Å². The van der Waals surface area contributed by atoms with Gasteiger partial charge >= 0.3 is 0 Å². The van der Waals surface area contributed by atoms with E-state index < -0.39 is 6.10 Å². The number of imidazole rings is 1. The fraction of sp³-hybridized carbons (Fsp3) is 0.409. The molecule has 0 radical (unpaired) electrons. The second kappa shape index (κ2) is 7.12. The molecule has 2 aromatic carbocycles. The van der Waals surface area contributed by atoms with Gasteiger partial charge < -0.3 is 14.4 Å². The average Bonchev–Trinajstić information content (AvgIpc) is 3.43. The molecule has 4 heteroatoms. The van der Waals surface area contributed by atoms with Crippen LogP contribution in [0.25, 0.3) is 11.0 Å². The van der Waals surface area contributed by atoms with E-state index >= 15 is 0 Å². The molecule has 1 unspecified atom stereocenters. The summed E-state index contributed by atoms with van der Waals surface area (Å²) >= 11 is 0. The van der Waals surface area contributed by atoms with Crippen molar-refractivity contribution in [3.63, 3.8) is 0 Å². The highest BCUT2D eigenvalue weighted by Gasteiger charge is 2.30. The summed E-state index contributed by atoms with van der Waals surface area (Å²) in [6.07, 6.45) is 1.81. The molecule has 0 bridgehead atoms. The number of fused-ring (bicyclic) bond motifs is 1. The lowest BCUT2D eigenvalue weighted by atomic mass is 10.0. The highest BCUT2D eigenvalue weighted by atomic mass is 16.5. The highest BCUT2D eigenvalue weighted by Crippen LogP contribution is 2.40. The molecule has 0 spiro atoms. The van der Waals surface area contributed by atoms with Crippen molar-refractivity contribution in [3.8, 4) is 5.75 Å². The van der Waals surface area contributed by atoms with Crippen molar-refractivity contribution in [3.05, 3.63) is 59.9 Å². The summed E-state index contributed by atoms with van der Waals surface area (Å²) in [5, 5.41) is 10.6. The smallest absolute Gasteiger partial charge is 0.122 e. The summed E-state index contributed by atoms with van der Waals surface area (Å²) in [5.41, 5.74) is 3.27. The van der Waals surface area contributed by atoms with E-state index in [1.54, 1.807) is 0 Å². The van der Waals surface area contributed by atoms with E-state index in [-0.39, 0.29) is 6.61 Å². The summed E-state index contributed by atoms with van der Waals surface area (Å²) in [7, 11) is 0. The van der Waals surface area contributed by atoms with Crippen LogP contribution in [-0.4, -0.2) is 27.4 Å². The Morgan fingerprint density at radius 2 is 1.85 bits per heavy atom. The van der Waals surface area contributed by atoms with Gasteiger partial charge in [-0.25, -0.2) is 4.98 Å². The van der Waals surface area contributed by atoms with Crippen molar-refractivity contribution in [1.29, 1.82) is 0 Å². The lowest BCUT2D eigenvalue weighted by molar-refractivity contribution is 0.0921. The second-order valence-electron chi connectivity index (χ2n) is 7.50. The third-order valence-electron chi connectivity index (χ3n) is 4.99. The van der Waals surface area contributed by atoms with Crippen LogP contribution in [0.4, 0.5) is 0 Å². The molecule has 1 atom stereocenters. The fourth-order valence-electron chi connectivity index (χ4n) is 3.48. The molecule has 1 aliphatic rings. The van der Waals surface area contributed by atoms with E-state index in [0.717, 1.165) is 22.6 Å². The van der Waals surface area contributed by atoms with Crippen molar-refractivity contribution >= 4 is 11.0 Å². The second-order valence-corrected chi connectivity index (χ2v) is 7.50. The number of ether oxygens (including phenoxy) is 1. The zero-order chi connectivity index (χ0) is 18.1. The Labute approximate surface area is 154 Å². The number of hydrogen-bond acceptors (Lipinski definition) is 3. The molecule has 1 aromatic heterocycles. The maximum atomic E-state index is 10.6. The molecule has 4 rings (SSSR count). The predicted molar refractivity (Wildman–Crippen MR) is 104 cm³/mol. The Balaban J connectivity index is 1.50. The van der Waals surface area contributed by atoms with Gasteiger partial charge in [0.1, 0.15) is 24.3 Å². The van der Waals surface area contributed by atoms with Crippen molar-refractivity contribution in [2.75, 3.05) is 6.61 Å². The Hall–Kier alpha value is -2.33. The molecule has 1 heterocycles. The van der Waals surface area contributed by atoms with Crippen LogP contribution >= 0.6 is 0 Å². The normalized spacial score (nSPS) is 15.5. The molecule has 4 nitrogen and oxygen atoms in total. The molecule has 26 heavy (non-hydrogen) atoms. The molecule has 1 fully saturated rings. The van der Waals surface area contributed by atoms with Gasteiger partial charge in [-0.15, -0.1) is 0 Å². The molecule has 1 N–H and O–H groups in total. The molecular formula is C22H26N2O2. The van der Waals surface area contributed by atoms with Crippen LogP contribution in [-0.2, 0) is 6.54 Å². The van der Waals surface area contributed by atoms with E-state index in [9.17, 15) is 5.11 Å². The SMILES string of the molecule is CC(C)c1ccccc1OCC(O)Cn1c(C2CC2)nc2ccccc21. The topological polar surface area (TPSA) is 47.3 Å². The van der Waals surface area contributed by atoms with Gasteiger partial charge in [-0.05, 0) is 42.5 Å². The third kappa shape index (κ3) is 3.47. The van der Waals surface area contributed by atoms with E-state index in [4.69, 9.17) is 9.72 Å². The molecule has 0 aliphatic heterocycles. The van der Waals surface area contributed by atoms with Crippen molar-refractivity contribution in [1.82, 2.24) is 9.55 Å². The van der Waals surface area contributed by atoms with Crippen LogP contribution in [0.1, 0.15) is 49.9 Å². The number of hydrogen-bond donors (Lipinski definition) is 1. The zero-order valence-corrected chi connectivity index (χ0v) is 15.4. The van der Waals surface area contributed by atoms with Gasteiger partial charge in [0.25, 0.3) is 0 Å². The van der Waals surface area contributed by atoms with Gasteiger partial charge in [0.05, 0.1) is 17.6 Å². The number of rotatable bonds is 7. The number of aliphatic hydroxyl groups is 1. The standard InChI is InChI=1S/C22H26N2O2/c1-15(2)18-7-3-6-10-21(18)26-14-17(25)13-24-20-9-5-4-8-19(20)23-22(24)16-11-12-16/h3-10,15-17,25H,11-14H2,1-2H3. The van der Waals surface area contributed by atoms with Crippen LogP contribution in [0.15, 0.2) is 48.5 Å². The van der Waals surface area contributed by atoms with Gasteiger partial charge in [0, 0.05) is 5.92 Å². The van der Waals surface area contributed by atoms with E-state index in [1.807, 2.05) is 36.4 Å². The molecule has 1 aliphatic carbocycles. The summed E-state index contributed by atoms with van der Waals surface area (Å²) in [6.45, 7) is 5.09. The molecule has 0 saturated heterocycles. The molecule has 3 aromatic rings. The first kappa shape index (κ1) is 17.1. The highest BCUT2D eigenvalue weighted by molar-refractivity contribution is 5.76. The average molecular weight is 350 g/mol. The maximum absolute atomic E-state index is 10.6. The Kier molecular flexibility index (Phi) is 4.68. The number of aromatic nitrogens is 2. The number of benzene rings is 2. The minimum atomic E-state index is -0.578. The van der Waals surface area contributed by atoms with Gasteiger partial charge in [0.15, 0.2) is 0 Å². The van der Waals surface area contributed by atoms with Gasteiger partial charge in [-0.2, -0.15) is 0 Å². The third-order valence-corrected chi connectivity index (χ3v) is 4.99. The van der Waals surface area contributed by atoms with Crippen LogP contribution in [0.3, 0.4) is 0 Å². The van der Waals surface area contributed by atoms with Crippen molar-refractivity contribution in [2.24, 2.45) is 0 Å². The lowest BCUT2D eigenvalue weighted by Gasteiger charge is -2.18. The summed E-state index contributed by atoms with van der Waals surface area (Å²) in [4.78, 5) is 4.79. The Morgan fingerprint density at radius 1 is 1.12 bits per heavy atom. The summed E-state index contributed by atoms with van der Waals surface area (Å²) < 4.78 is 8.13. The predicted octanol–water partition coefficient (Wildman–Crippen LogP) is 4.48. The lowest BCUT2D eigenvalue weighted by Crippen LogP contribution is -2.24. The monoisotopic (exact) mass is 350 g/mol. The molecule has 1 saturated carbocycles. The Bertz CT molecular complexity index is 896. The molecule has 0 amide bonds. The van der Waals surface area contributed by atoms with Gasteiger partial charge in [0.2, 0.25) is 0 Å². The number of nitrogens with zero attached hydrogens (tertiary/aromatic N) is 2. The number of aliphatic hydroxyl groups excluding tert-OH is 1. The number of para-hydroxylation sites is 3. The van der Waals surface area contributed by atoms with Crippen LogP contribution in [0.2, 0.25) is 0 Å². The summed E-state index contributed by atoms with van der Waals surface area (Å²) in [5.74, 6) is 2.90. The minimum absolute atomic E-state index is 0.278. The van der Waals surface area contributed by atoms with Crippen LogP contribution < -0.4 is 4.74 Å². The van der Waals surface area contributed by atoms with Crippen molar-refractivity contribution < 1.29 is 9.84 Å². The van der Waals surface area contributed by atoms with E-state index in [1.165, 1.54) is 18.4 Å². The van der Waals surface area contributed by atoms with Gasteiger partial charge in [-0.1, -0.05) is 44.2 Å². The first-order valence-electron chi connectivity index (χ1n) is 9.48. The Morgan fingerprint density at radius 3 is 2.62 bits per heavy atom. The first-order valence-corrected chi connectivity index (χ1v) is 9.48. The van der Waals surface area contributed by atoms with Crippen molar-refractivity contribution in [2.45, 2.75) is 51.2 Å². The van der Waals surface area contributed by atoms with E-state index in [2.05, 4.69) is 30.5 Å². The van der Waals surface area contributed by atoms with Crippen LogP contribution in [0.5, 0.6) is 5.75 Å². The van der Waals surface area contributed by atoms with Crippen LogP contribution in [0, 0.1) is 0 Å². The quantitative estimate of drug-likeness (QED) is 0.683. The summed E-state index contributed by atoms with van der Waals surface area (Å²) in [6, 6.07) is 16.2. The zero-order valence-electron chi connectivity index (χ0n) is 15.4. The molecule has 136 valence electrons.